The van der Waals surface area contributed by atoms with Gasteiger partial charge in [0.1, 0.15) is 15.5 Å². The van der Waals surface area contributed by atoms with Crippen LogP contribution in [0.4, 0.5) is 17.1 Å². The SMILES string of the molecule is Nc1c(S(=O)(=O)O)cc(S(=O)(=O)O)c2ccc(N=Nc3ccc(I)cc3)c(O)c12. The number of azo groups is 1. The molecule has 0 saturated carbocycles. The Hall–Kier alpha value is -2.33. The van der Waals surface area contributed by atoms with E-state index in [1.807, 2.05) is 0 Å². The second-order valence-electron chi connectivity index (χ2n) is 5.77. The minimum absolute atomic E-state index is 0.142. The van der Waals surface area contributed by atoms with Gasteiger partial charge in [0, 0.05) is 8.96 Å². The second kappa shape index (κ2) is 7.49. The van der Waals surface area contributed by atoms with Gasteiger partial charge in [0.25, 0.3) is 20.2 Å². The molecule has 0 aliphatic heterocycles. The Morgan fingerprint density at radius 3 is 2.00 bits per heavy atom. The molecule has 0 fully saturated rings. The van der Waals surface area contributed by atoms with Gasteiger partial charge in [0.15, 0.2) is 5.75 Å². The number of fused-ring (bicyclic) bond motifs is 1. The van der Waals surface area contributed by atoms with E-state index in [9.17, 15) is 31.0 Å². The van der Waals surface area contributed by atoms with Gasteiger partial charge in [-0.15, -0.1) is 5.11 Å². The molecule has 3 rings (SSSR count). The third-order valence-electron chi connectivity index (χ3n) is 3.87. The van der Waals surface area contributed by atoms with E-state index in [1.54, 1.807) is 24.3 Å². The first-order chi connectivity index (χ1) is 13.4. The summed E-state index contributed by atoms with van der Waals surface area (Å²) in [6.45, 7) is 0. The minimum atomic E-state index is -4.96. The fourth-order valence-corrected chi connectivity index (χ4v) is 4.38. The molecule has 0 aliphatic carbocycles. The zero-order chi connectivity index (χ0) is 21.6. The molecule has 13 heteroatoms. The highest BCUT2D eigenvalue weighted by Gasteiger charge is 2.26. The number of aromatic hydroxyl groups is 1. The maximum Gasteiger partial charge on any atom is 0.296 e. The molecule has 29 heavy (non-hydrogen) atoms. The van der Waals surface area contributed by atoms with Crippen LogP contribution in [-0.2, 0) is 20.2 Å². The van der Waals surface area contributed by atoms with Crippen LogP contribution in [-0.4, -0.2) is 31.0 Å². The predicted molar refractivity (Wildman–Crippen MR) is 113 cm³/mol. The van der Waals surface area contributed by atoms with E-state index in [4.69, 9.17) is 5.73 Å². The quantitative estimate of drug-likeness (QED) is 0.165. The van der Waals surface area contributed by atoms with E-state index in [0.29, 0.717) is 11.8 Å². The third kappa shape index (κ3) is 4.32. The molecule has 0 amide bonds. The van der Waals surface area contributed by atoms with E-state index in [2.05, 4.69) is 32.8 Å². The van der Waals surface area contributed by atoms with Crippen LogP contribution in [0.5, 0.6) is 5.75 Å². The summed E-state index contributed by atoms with van der Waals surface area (Å²) in [7, 11) is -9.88. The molecule has 0 saturated heterocycles. The van der Waals surface area contributed by atoms with Crippen LogP contribution in [0.15, 0.2) is 62.5 Å². The van der Waals surface area contributed by atoms with E-state index in [0.717, 1.165) is 3.57 Å². The van der Waals surface area contributed by atoms with Gasteiger partial charge in [0.2, 0.25) is 0 Å². The number of nitrogens with two attached hydrogens (primary N) is 1. The molecule has 152 valence electrons. The molecule has 0 atom stereocenters. The summed E-state index contributed by atoms with van der Waals surface area (Å²) in [6.07, 6.45) is 0. The Labute approximate surface area is 178 Å². The summed E-state index contributed by atoms with van der Waals surface area (Å²) in [4.78, 5) is -1.84. The van der Waals surface area contributed by atoms with Crippen molar-refractivity contribution in [3.63, 3.8) is 0 Å². The summed E-state index contributed by atoms with van der Waals surface area (Å²) in [5.41, 5.74) is 5.47. The number of hydrogen-bond acceptors (Lipinski definition) is 8. The van der Waals surface area contributed by atoms with Crippen LogP contribution in [0.25, 0.3) is 10.8 Å². The molecule has 3 aromatic carbocycles. The first-order valence-corrected chi connectivity index (χ1v) is 11.6. The number of rotatable bonds is 4. The normalized spacial score (nSPS) is 12.7. The molecule has 0 bridgehead atoms. The van der Waals surface area contributed by atoms with Gasteiger partial charge in [0.05, 0.1) is 16.8 Å². The van der Waals surface area contributed by atoms with Crippen LogP contribution in [0.1, 0.15) is 0 Å². The summed E-state index contributed by atoms with van der Waals surface area (Å²) < 4.78 is 66.3. The van der Waals surface area contributed by atoms with Crippen molar-refractivity contribution >= 4 is 70.7 Å². The van der Waals surface area contributed by atoms with Crippen LogP contribution in [0.3, 0.4) is 0 Å². The topological polar surface area (TPSA) is 180 Å². The van der Waals surface area contributed by atoms with Gasteiger partial charge in [-0.05, 0) is 59.0 Å². The highest BCUT2D eigenvalue weighted by atomic mass is 127. The van der Waals surface area contributed by atoms with Gasteiger partial charge < -0.3 is 10.8 Å². The summed E-state index contributed by atoms with van der Waals surface area (Å²) >= 11 is 2.11. The summed E-state index contributed by atoms with van der Waals surface area (Å²) in [6, 6.07) is 9.80. The molecule has 0 unspecified atom stereocenters. The number of phenolic OH excluding ortho intramolecular Hbond substituents is 1. The Balaban J connectivity index is 2.31. The minimum Gasteiger partial charge on any atom is -0.505 e. The average Bonchev–Trinajstić information content (AvgIpc) is 2.60. The Morgan fingerprint density at radius 1 is 0.862 bits per heavy atom. The summed E-state index contributed by atoms with van der Waals surface area (Å²) in [5, 5.41) is 17.7. The van der Waals surface area contributed by atoms with Crippen molar-refractivity contribution in [2.45, 2.75) is 9.79 Å². The van der Waals surface area contributed by atoms with Crippen molar-refractivity contribution in [1.82, 2.24) is 0 Å². The zero-order valence-corrected chi connectivity index (χ0v) is 18.0. The molecule has 0 radical (unpaired) electrons. The first-order valence-electron chi connectivity index (χ1n) is 7.60. The lowest BCUT2D eigenvalue weighted by molar-refractivity contribution is 0.481. The molecule has 5 N–H and O–H groups in total. The fourth-order valence-electron chi connectivity index (χ4n) is 2.58. The van der Waals surface area contributed by atoms with Crippen LogP contribution < -0.4 is 5.73 Å². The highest BCUT2D eigenvalue weighted by Crippen LogP contribution is 2.43. The van der Waals surface area contributed by atoms with Gasteiger partial charge in [-0.2, -0.15) is 21.9 Å². The average molecular weight is 549 g/mol. The largest absolute Gasteiger partial charge is 0.505 e. The number of anilines is 1. The van der Waals surface area contributed by atoms with Crippen molar-refractivity contribution in [3.05, 3.63) is 46.0 Å². The number of nitrogen functional groups attached to an aromatic ring is 1. The van der Waals surface area contributed by atoms with E-state index < -0.39 is 46.9 Å². The zero-order valence-electron chi connectivity index (χ0n) is 14.2. The van der Waals surface area contributed by atoms with Crippen molar-refractivity contribution in [2.75, 3.05) is 5.73 Å². The number of hydrogen-bond donors (Lipinski definition) is 4. The van der Waals surface area contributed by atoms with Crippen molar-refractivity contribution < 1.29 is 31.0 Å². The van der Waals surface area contributed by atoms with Gasteiger partial charge in [-0.1, -0.05) is 6.07 Å². The molecule has 0 aromatic heterocycles. The Bertz CT molecular complexity index is 1370. The molecular weight excluding hydrogens is 537 g/mol. The maximum atomic E-state index is 11.7. The van der Waals surface area contributed by atoms with Crippen LogP contribution >= 0.6 is 22.6 Å². The fraction of sp³-hybridized carbons (Fsp3) is 0. The Morgan fingerprint density at radius 2 is 1.45 bits per heavy atom. The van der Waals surface area contributed by atoms with Crippen LogP contribution in [0.2, 0.25) is 0 Å². The molecule has 0 spiro atoms. The van der Waals surface area contributed by atoms with Crippen molar-refractivity contribution in [1.29, 1.82) is 0 Å². The van der Waals surface area contributed by atoms with Crippen molar-refractivity contribution in [2.24, 2.45) is 10.2 Å². The maximum absolute atomic E-state index is 11.7. The molecule has 0 heterocycles. The lowest BCUT2D eigenvalue weighted by atomic mass is 10.1. The number of halogens is 1. The van der Waals surface area contributed by atoms with E-state index >= 15 is 0 Å². The Kier molecular flexibility index (Phi) is 5.52. The van der Waals surface area contributed by atoms with Gasteiger partial charge in [-0.25, -0.2) is 0 Å². The molecule has 3 aromatic rings. The van der Waals surface area contributed by atoms with E-state index in [1.165, 1.54) is 12.1 Å². The lowest BCUT2D eigenvalue weighted by Crippen LogP contribution is -2.08. The predicted octanol–water partition coefficient (Wildman–Crippen LogP) is 3.64. The lowest BCUT2D eigenvalue weighted by Gasteiger charge is -2.13. The number of benzene rings is 3. The highest BCUT2D eigenvalue weighted by molar-refractivity contribution is 14.1. The number of phenols is 1. The molecule has 0 aliphatic rings. The van der Waals surface area contributed by atoms with Gasteiger partial charge in [-0.3, -0.25) is 9.11 Å². The van der Waals surface area contributed by atoms with Crippen molar-refractivity contribution in [3.8, 4) is 5.75 Å². The van der Waals surface area contributed by atoms with Crippen LogP contribution in [0, 0.1) is 3.57 Å². The molecular formula is C16H12IN3O7S2. The summed E-state index contributed by atoms with van der Waals surface area (Å²) in [5.74, 6) is -0.676. The van der Waals surface area contributed by atoms with Gasteiger partial charge >= 0.3 is 0 Å². The third-order valence-corrected chi connectivity index (χ3v) is 6.38. The number of nitrogens with zero attached hydrogens (tertiary/aromatic N) is 2. The molecule has 10 nitrogen and oxygen atoms in total. The first kappa shape index (κ1) is 21.4. The second-order valence-corrected chi connectivity index (χ2v) is 9.79. The van der Waals surface area contributed by atoms with E-state index in [-0.39, 0.29) is 11.1 Å². The standard InChI is InChI=1S/C16H12IN3O7S2/c17-8-1-3-9(4-2-8)19-20-11-6-5-10-12(28(22,23)24)7-13(29(25,26)27)15(18)14(10)16(11)21/h1-7,21H,18H2,(H,22,23,24)(H,25,26,27). The monoisotopic (exact) mass is 549 g/mol. The smallest absolute Gasteiger partial charge is 0.296 e.